The zero-order valence-corrected chi connectivity index (χ0v) is 27.8. The Morgan fingerprint density at radius 2 is 1.70 bits per heavy atom. The molecule has 0 saturated heterocycles. The molecule has 0 radical (unpaired) electrons. The van der Waals surface area contributed by atoms with Gasteiger partial charge in [-0.1, -0.05) is 75.8 Å². The average molecular weight is 691 g/mol. The lowest BCUT2D eigenvalue weighted by Crippen LogP contribution is -2.23. The molecule has 8 heteroatoms. The van der Waals surface area contributed by atoms with Crippen molar-refractivity contribution in [3.63, 3.8) is 0 Å². The molecule has 0 atom stereocenters. The van der Waals surface area contributed by atoms with Crippen molar-refractivity contribution in [1.29, 1.82) is 0 Å². The third kappa shape index (κ3) is 7.33. The van der Waals surface area contributed by atoms with Gasteiger partial charge in [0.1, 0.15) is 0 Å². The summed E-state index contributed by atoms with van der Waals surface area (Å²) >= 11 is 9.59. The van der Waals surface area contributed by atoms with Crippen LogP contribution in [0.2, 0.25) is 5.02 Å². The summed E-state index contributed by atoms with van der Waals surface area (Å²) in [4.78, 5) is 18.8. The van der Waals surface area contributed by atoms with E-state index in [9.17, 15) is 4.79 Å². The van der Waals surface area contributed by atoms with Gasteiger partial charge in [0.2, 0.25) is 0 Å². The molecule has 6 nitrogen and oxygen atoms in total. The molecule has 230 valence electrons. The Balaban J connectivity index is 1.28. The fourth-order valence-corrected chi connectivity index (χ4v) is 5.94. The van der Waals surface area contributed by atoms with E-state index in [1.807, 2.05) is 85.9 Å². The van der Waals surface area contributed by atoms with Crippen molar-refractivity contribution in [2.24, 2.45) is 12.8 Å². The topological polar surface area (TPSA) is 85.0 Å². The molecule has 0 aliphatic rings. The molecule has 2 heterocycles. The monoisotopic (exact) mass is 689 g/mol. The third-order valence-corrected chi connectivity index (χ3v) is 8.69. The molecule has 0 spiro atoms. The Labute approximate surface area is 282 Å². The number of carbonyl (C=O) groups is 1. The van der Waals surface area contributed by atoms with Crippen molar-refractivity contribution in [2.45, 2.75) is 19.5 Å². The maximum atomic E-state index is 13.8. The number of hydrogen-bond donors (Lipinski definition) is 3. The van der Waals surface area contributed by atoms with Gasteiger partial charge in [-0.3, -0.25) is 4.79 Å². The van der Waals surface area contributed by atoms with Gasteiger partial charge in [0.25, 0.3) is 5.91 Å². The molecule has 0 aliphatic carbocycles. The van der Waals surface area contributed by atoms with E-state index in [-0.39, 0.29) is 5.91 Å². The van der Waals surface area contributed by atoms with E-state index in [1.165, 1.54) is 5.56 Å². The van der Waals surface area contributed by atoms with Crippen LogP contribution < -0.4 is 16.4 Å². The van der Waals surface area contributed by atoms with Crippen LogP contribution in [0.4, 0.5) is 0 Å². The van der Waals surface area contributed by atoms with Crippen molar-refractivity contribution < 1.29 is 4.79 Å². The third-order valence-electron chi connectivity index (χ3n) is 7.94. The van der Waals surface area contributed by atoms with Crippen LogP contribution in [0.15, 0.2) is 102 Å². The number of fused-ring (bicyclic) bond motifs is 2. The minimum absolute atomic E-state index is 0.174. The van der Waals surface area contributed by atoms with Gasteiger partial charge in [-0.25, -0.2) is 4.98 Å². The van der Waals surface area contributed by atoms with Crippen molar-refractivity contribution in [3.05, 3.63) is 135 Å². The number of nitrogens with one attached hydrogen (secondary N) is 2. The van der Waals surface area contributed by atoms with Gasteiger partial charge in [-0.15, -0.1) is 0 Å². The highest BCUT2D eigenvalue weighted by atomic mass is 79.9. The van der Waals surface area contributed by atoms with Crippen molar-refractivity contribution in [3.8, 4) is 23.1 Å². The van der Waals surface area contributed by atoms with Crippen molar-refractivity contribution in [2.75, 3.05) is 13.1 Å². The number of aryl methyl sites for hydroxylation is 1. The second-order valence-electron chi connectivity index (χ2n) is 11.2. The fourth-order valence-electron chi connectivity index (χ4n) is 5.45. The molecule has 0 saturated carbocycles. The van der Waals surface area contributed by atoms with E-state index >= 15 is 0 Å². The number of nitrogens with two attached hydrogens (primary N) is 1. The molecular formula is C38H33BrClN5O. The van der Waals surface area contributed by atoms with Crippen LogP contribution in [-0.4, -0.2) is 28.5 Å². The second kappa shape index (κ2) is 14.3. The van der Waals surface area contributed by atoms with E-state index in [4.69, 9.17) is 22.3 Å². The first kappa shape index (κ1) is 31.5. The Morgan fingerprint density at radius 3 is 2.48 bits per heavy atom. The summed E-state index contributed by atoms with van der Waals surface area (Å²) in [6.07, 6.45) is 2.96. The standard InChI is InChI=1S/C38H33BrClN5O/c1-45-24-34(32-20-29(39)11-15-37(32)45)36-21-33(38(46)43-23-28-6-4-27(22-41)5-7-28)31-19-26(10-14-35(31)44-36)3-2-17-42-18-16-25-8-12-30(40)13-9-25/h4-15,19-21,24,42H,16-18,22-23,41H2,1H3,(H,43,46). The summed E-state index contributed by atoms with van der Waals surface area (Å²) in [6.45, 7) is 2.24. The number of nitrogens with zero attached hydrogens (tertiary/aromatic N) is 2. The summed E-state index contributed by atoms with van der Waals surface area (Å²) in [5.41, 5.74) is 13.9. The van der Waals surface area contributed by atoms with Gasteiger partial charge in [-0.05, 0) is 77.7 Å². The van der Waals surface area contributed by atoms with Gasteiger partial charge in [0, 0.05) is 69.8 Å². The normalized spacial score (nSPS) is 11.0. The Kier molecular flexibility index (Phi) is 9.82. The first-order chi connectivity index (χ1) is 22.4. The second-order valence-corrected chi connectivity index (χ2v) is 12.5. The van der Waals surface area contributed by atoms with Crippen LogP contribution >= 0.6 is 27.5 Å². The van der Waals surface area contributed by atoms with Crippen LogP contribution in [-0.2, 0) is 26.6 Å². The largest absolute Gasteiger partial charge is 0.350 e. The molecule has 6 rings (SSSR count). The van der Waals surface area contributed by atoms with E-state index in [1.54, 1.807) is 0 Å². The maximum absolute atomic E-state index is 13.8. The lowest BCUT2D eigenvalue weighted by Gasteiger charge is -2.11. The number of amides is 1. The fraction of sp³-hybridized carbons (Fsp3) is 0.158. The Hall–Kier alpha value is -4.45. The van der Waals surface area contributed by atoms with Gasteiger partial charge < -0.3 is 20.9 Å². The average Bonchev–Trinajstić information content (AvgIpc) is 3.40. The van der Waals surface area contributed by atoms with Gasteiger partial charge in [-0.2, -0.15) is 0 Å². The first-order valence-electron chi connectivity index (χ1n) is 15.1. The summed E-state index contributed by atoms with van der Waals surface area (Å²) in [5, 5.41) is 9.04. The van der Waals surface area contributed by atoms with Crippen LogP contribution in [0.1, 0.15) is 32.6 Å². The Morgan fingerprint density at radius 1 is 0.935 bits per heavy atom. The van der Waals surface area contributed by atoms with Crippen LogP contribution in [0.25, 0.3) is 33.1 Å². The van der Waals surface area contributed by atoms with Crippen LogP contribution in [0.5, 0.6) is 0 Å². The Bertz CT molecular complexity index is 2090. The number of halogens is 2. The van der Waals surface area contributed by atoms with E-state index in [0.717, 1.165) is 72.2 Å². The highest BCUT2D eigenvalue weighted by Gasteiger charge is 2.17. The maximum Gasteiger partial charge on any atom is 0.252 e. The SMILES string of the molecule is Cn1cc(-c2cc(C(=O)NCc3ccc(CN)cc3)c3cc(C#CCNCCc4ccc(Cl)cc4)ccc3n2)c2cc(Br)ccc21. The number of aromatic nitrogens is 2. The minimum Gasteiger partial charge on any atom is -0.350 e. The molecule has 6 aromatic rings. The number of rotatable bonds is 9. The number of hydrogen-bond acceptors (Lipinski definition) is 4. The lowest BCUT2D eigenvalue weighted by atomic mass is 10.0. The van der Waals surface area contributed by atoms with Gasteiger partial charge in [0.05, 0.1) is 23.3 Å². The van der Waals surface area contributed by atoms with E-state index in [0.29, 0.717) is 25.2 Å². The zero-order chi connectivity index (χ0) is 32.0. The number of benzene rings is 4. The van der Waals surface area contributed by atoms with E-state index < -0.39 is 0 Å². The molecule has 4 N–H and O–H groups in total. The summed E-state index contributed by atoms with van der Waals surface area (Å²) in [6, 6.07) is 29.8. The lowest BCUT2D eigenvalue weighted by molar-refractivity contribution is 0.0952. The molecule has 4 aromatic carbocycles. The van der Waals surface area contributed by atoms with E-state index in [2.05, 4.69) is 61.3 Å². The summed E-state index contributed by atoms with van der Waals surface area (Å²) in [7, 11) is 2.02. The number of pyridine rings is 1. The van der Waals surface area contributed by atoms with Gasteiger partial charge >= 0.3 is 0 Å². The number of carbonyl (C=O) groups excluding carboxylic acids is 1. The van der Waals surface area contributed by atoms with Crippen molar-refractivity contribution in [1.82, 2.24) is 20.2 Å². The minimum atomic E-state index is -0.174. The zero-order valence-electron chi connectivity index (χ0n) is 25.4. The first-order valence-corrected chi connectivity index (χ1v) is 16.2. The van der Waals surface area contributed by atoms with Crippen molar-refractivity contribution >= 4 is 55.2 Å². The summed E-state index contributed by atoms with van der Waals surface area (Å²) in [5.74, 6) is 6.29. The predicted molar refractivity (Wildman–Crippen MR) is 192 cm³/mol. The molecule has 0 fully saturated rings. The molecule has 0 aliphatic heterocycles. The van der Waals surface area contributed by atoms with Crippen LogP contribution in [0.3, 0.4) is 0 Å². The van der Waals surface area contributed by atoms with Gasteiger partial charge in [0.15, 0.2) is 0 Å². The predicted octanol–water partition coefficient (Wildman–Crippen LogP) is 7.38. The molecule has 2 aromatic heterocycles. The quantitative estimate of drug-likeness (QED) is 0.109. The molecule has 1 amide bonds. The highest BCUT2D eigenvalue weighted by Crippen LogP contribution is 2.33. The molecule has 46 heavy (non-hydrogen) atoms. The molecule has 0 unspecified atom stereocenters. The highest BCUT2D eigenvalue weighted by molar-refractivity contribution is 9.10. The molecule has 0 bridgehead atoms. The molecular weight excluding hydrogens is 658 g/mol. The van der Waals surface area contributed by atoms with Crippen LogP contribution in [0, 0.1) is 11.8 Å². The smallest absolute Gasteiger partial charge is 0.252 e. The summed E-state index contributed by atoms with van der Waals surface area (Å²) < 4.78 is 3.06.